The molecule has 0 unspecified atom stereocenters. The van der Waals surface area contributed by atoms with Gasteiger partial charge in [0.2, 0.25) is 0 Å². The average Bonchev–Trinajstić information content (AvgIpc) is 2.33. The first-order chi connectivity index (χ1) is 9.98. The smallest absolute Gasteiger partial charge is 0.408 e. The van der Waals surface area contributed by atoms with E-state index in [1.54, 1.807) is 39.0 Å². The molecule has 2 amide bonds. The first-order valence-corrected chi connectivity index (χ1v) is 7.83. The number of halogens is 1. The molecular formula is C16H23BrN2O3. The third-order valence-electron chi connectivity index (χ3n) is 2.62. The fourth-order valence-electron chi connectivity index (χ4n) is 1.66. The van der Waals surface area contributed by atoms with Crippen molar-refractivity contribution >= 4 is 27.9 Å². The van der Waals surface area contributed by atoms with E-state index in [1.165, 1.54) is 0 Å². The minimum Gasteiger partial charge on any atom is -0.444 e. The maximum Gasteiger partial charge on any atom is 0.408 e. The Morgan fingerprint density at radius 3 is 2.36 bits per heavy atom. The standard InChI is InChI=1S/C16H23BrN2O3/c1-15(2,3)22-14(21)19-16(4,5)10-18-13(20)11-7-6-8-12(17)9-11/h6-9H,10H2,1-5H3,(H,18,20)(H,19,21). The van der Waals surface area contributed by atoms with E-state index in [1.807, 2.05) is 19.9 Å². The molecule has 2 N–H and O–H groups in total. The van der Waals surface area contributed by atoms with Crippen molar-refractivity contribution in [2.45, 2.75) is 45.8 Å². The van der Waals surface area contributed by atoms with E-state index in [9.17, 15) is 9.59 Å². The van der Waals surface area contributed by atoms with Gasteiger partial charge in [0.1, 0.15) is 5.60 Å². The Morgan fingerprint density at radius 2 is 1.82 bits per heavy atom. The normalized spacial score (nSPS) is 11.7. The van der Waals surface area contributed by atoms with E-state index in [0.29, 0.717) is 5.56 Å². The molecule has 122 valence electrons. The van der Waals surface area contributed by atoms with E-state index >= 15 is 0 Å². The Bertz CT molecular complexity index is 551. The highest BCUT2D eigenvalue weighted by Gasteiger charge is 2.25. The summed E-state index contributed by atoms with van der Waals surface area (Å²) < 4.78 is 6.05. The molecule has 0 aliphatic heterocycles. The van der Waals surface area contributed by atoms with Gasteiger partial charge in [0.25, 0.3) is 5.91 Å². The third-order valence-corrected chi connectivity index (χ3v) is 3.11. The van der Waals surface area contributed by atoms with Crippen molar-refractivity contribution in [1.82, 2.24) is 10.6 Å². The molecule has 1 aromatic carbocycles. The van der Waals surface area contributed by atoms with Crippen LogP contribution in [0.4, 0.5) is 4.79 Å². The van der Waals surface area contributed by atoms with Gasteiger partial charge in [0.15, 0.2) is 0 Å². The molecule has 22 heavy (non-hydrogen) atoms. The second kappa shape index (κ2) is 7.13. The number of ether oxygens (including phenoxy) is 1. The second-order valence-corrected chi connectivity index (χ2v) is 7.62. The Hall–Kier alpha value is -1.56. The maximum absolute atomic E-state index is 12.1. The van der Waals surface area contributed by atoms with E-state index in [4.69, 9.17) is 4.74 Å². The number of benzene rings is 1. The van der Waals surface area contributed by atoms with Crippen LogP contribution >= 0.6 is 15.9 Å². The SMILES string of the molecule is CC(C)(CNC(=O)c1cccc(Br)c1)NC(=O)OC(C)(C)C. The van der Waals surface area contributed by atoms with Gasteiger partial charge in [-0.3, -0.25) is 4.79 Å². The molecule has 0 aliphatic carbocycles. The van der Waals surface area contributed by atoms with Crippen LogP contribution in [0.1, 0.15) is 45.0 Å². The maximum atomic E-state index is 12.1. The Kier molecular flexibility index (Phi) is 6.00. The third kappa shape index (κ3) is 6.93. The molecule has 0 fully saturated rings. The van der Waals surface area contributed by atoms with Gasteiger partial charge in [-0.15, -0.1) is 0 Å². The van der Waals surface area contributed by atoms with Gasteiger partial charge in [0.05, 0.1) is 5.54 Å². The summed E-state index contributed by atoms with van der Waals surface area (Å²) in [5.41, 5.74) is -0.619. The first kappa shape index (κ1) is 18.5. The van der Waals surface area contributed by atoms with Gasteiger partial charge >= 0.3 is 6.09 Å². The fraction of sp³-hybridized carbons (Fsp3) is 0.500. The molecule has 1 rings (SSSR count). The summed E-state index contributed by atoms with van der Waals surface area (Å²) >= 11 is 3.33. The lowest BCUT2D eigenvalue weighted by atomic mass is 10.1. The van der Waals surface area contributed by atoms with Crippen LogP contribution in [0.3, 0.4) is 0 Å². The highest BCUT2D eigenvalue weighted by Crippen LogP contribution is 2.12. The van der Waals surface area contributed by atoms with Crippen LogP contribution in [0.15, 0.2) is 28.7 Å². The number of hydrogen-bond acceptors (Lipinski definition) is 3. The van der Waals surface area contributed by atoms with Crippen LogP contribution in [-0.4, -0.2) is 29.7 Å². The molecule has 0 heterocycles. The molecule has 0 saturated carbocycles. The van der Waals surface area contributed by atoms with Crippen molar-refractivity contribution in [2.75, 3.05) is 6.54 Å². The minimum atomic E-state index is -0.621. The van der Waals surface area contributed by atoms with Gasteiger partial charge in [-0.05, 0) is 52.8 Å². The molecule has 0 radical (unpaired) electrons. The predicted molar refractivity (Wildman–Crippen MR) is 89.9 cm³/mol. The topological polar surface area (TPSA) is 67.4 Å². The molecule has 1 aromatic rings. The van der Waals surface area contributed by atoms with Crippen LogP contribution in [0.5, 0.6) is 0 Å². The van der Waals surface area contributed by atoms with Crippen molar-refractivity contribution in [3.8, 4) is 0 Å². The van der Waals surface area contributed by atoms with Crippen molar-refractivity contribution in [2.24, 2.45) is 0 Å². The molecular weight excluding hydrogens is 348 g/mol. The molecule has 0 aliphatic rings. The van der Waals surface area contributed by atoms with Crippen molar-refractivity contribution in [3.63, 3.8) is 0 Å². The average molecular weight is 371 g/mol. The van der Waals surface area contributed by atoms with Gasteiger partial charge < -0.3 is 15.4 Å². The summed E-state index contributed by atoms with van der Waals surface area (Å²) in [4.78, 5) is 23.9. The fourth-order valence-corrected chi connectivity index (χ4v) is 2.06. The summed E-state index contributed by atoms with van der Waals surface area (Å²) in [6, 6.07) is 7.12. The van der Waals surface area contributed by atoms with Crippen LogP contribution in [0, 0.1) is 0 Å². The van der Waals surface area contributed by atoms with E-state index in [2.05, 4.69) is 26.6 Å². The highest BCUT2D eigenvalue weighted by molar-refractivity contribution is 9.10. The number of carbonyl (C=O) groups is 2. The number of rotatable bonds is 4. The lowest BCUT2D eigenvalue weighted by Gasteiger charge is -2.28. The van der Waals surface area contributed by atoms with E-state index in [0.717, 1.165) is 4.47 Å². The van der Waals surface area contributed by atoms with Crippen molar-refractivity contribution < 1.29 is 14.3 Å². The summed E-state index contributed by atoms with van der Waals surface area (Å²) in [5, 5.41) is 5.55. The monoisotopic (exact) mass is 370 g/mol. The number of nitrogens with one attached hydrogen (secondary N) is 2. The van der Waals surface area contributed by atoms with Crippen LogP contribution in [0.25, 0.3) is 0 Å². The van der Waals surface area contributed by atoms with Crippen LogP contribution in [-0.2, 0) is 4.74 Å². The van der Waals surface area contributed by atoms with Crippen molar-refractivity contribution in [3.05, 3.63) is 34.3 Å². The van der Waals surface area contributed by atoms with Gasteiger partial charge in [-0.2, -0.15) is 0 Å². The first-order valence-electron chi connectivity index (χ1n) is 7.03. The quantitative estimate of drug-likeness (QED) is 0.852. The highest BCUT2D eigenvalue weighted by atomic mass is 79.9. The zero-order chi connectivity index (χ0) is 17.0. The van der Waals surface area contributed by atoms with E-state index < -0.39 is 17.2 Å². The van der Waals surface area contributed by atoms with Crippen molar-refractivity contribution in [1.29, 1.82) is 0 Å². The van der Waals surface area contributed by atoms with Gasteiger partial charge in [-0.1, -0.05) is 22.0 Å². The molecule has 0 bridgehead atoms. The van der Waals surface area contributed by atoms with Crippen LogP contribution in [0.2, 0.25) is 0 Å². The predicted octanol–water partition coefficient (Wildman–Crippen LogP) is 3.48. The lowest BCUT2D eigenvalue weighted by molar-refractivity contribution is 0.0469. The lowest BCUT2D eigenvalue weighted by Crippen LogP contribution is -2.52. The Balaban J connectivity index is 2.55. The van der Waals surface area contributed by atoms with Gasteiger partial charge in [-0.25, -0.2) is 4.79 Å². The summed E-state index contributed by atoms with van der Waals surface area (Å²) in [6.07, 6.45) is -0.505. The second-order valence-electron chi connectivity index (χ2n) is 6.70. The van der Waals surface area contributed by atoms with Crippen LogP contribution < -0.4 is 10.6 Å². The zero-order valence-corrected chi connectivity index (χ0v) is 15.2. The summed E-state index contributed by atoms with van der Waals surface area (Å²) in [7, 11) is 0. The summed E-state index contributed by atoms with van der Waals surface area (Å²) in [6.45, 7) is 9.33. The molecule has 5 nitrogen and oxygen atoms in total. The largest absolute Gasteiger partial charge is 0.444 e. The van der Waals surface area contributed by atoms with E-state index in [-0.39, 0.29) is 12.5 Å². The minimum absolute atomic E-state index is 0.194. The molecule has 6 heteroatoms. The number of alkyl carbamates (subject to hydrolysis) is 1. The Morgan fingerprint density at radius 1 is 1.18 bits per heavy atom. The number of hydrogen-bond donors (Lipinski definition) is 2. The summed E-state index contributed by atoms with van der Waals surface area (Å²) in [5.74, 6) is -0.194. The Labute approximate surface area is 139 Å². The molecule has 0 spiro atoms. The number of carbonyl (C=O) groups excluding carboxylic acids is 2. The zero-order valence-electron chi connectivity index (χ0n) is 13.6. The van der Waals surface area contributed by atoms with Gasteiger partial charge in [0, 0.05) is 16.6 Å². The molecule has 0 aromatic heterocycles. The number of amides is 2. The molecule has 0 atom stereocenters. The molecule has 0 saturated heterocycles.